The lowest BCUT2D eigenvalue weighted by Crippen LogP contribution is -2.50. The van der Waals surface area contributed by atoms with Crippen molar-refractivity contribution in [2.45, 2.75) is 38.6 Å². The van der Waals surface area contributed by atoms with Crippen LogP contribution in [0.25, 0.3) is 0 Å². The van der Waals surface area contributed by atoms with E-state index in [2.05, 4.69) is 0 Å². The summed E-state index contributed by atoms with van der Waals surface area (Å²) in [5.41, 5.74) is -0.783. The first-order valence-electron chi connectivity index (χ1n) is 6.16. The first-order valence-corrected chi connectivity index (χ1v) is 6.16. The number of carboxylic acids is 1. The van der Waals surface area contributed by atoms with Crippen LogP contribution in [-0.2, 0) is 14.3 Å². The maximum absolute atomic E-state index is 12.1. The molecule has 0 aromatic heterocycles. The summed E-state index contributed by atoms with van der Waals surface area (Å²) >= 11 is 0. The predicted octanol–water partition coefficient (Wildman–Crippen LogP) is 0.879. The lowest BCUT2D eigenvalue weighted by Gasteiger charge is -2.40. The van der Waals surface area contributed by atoms with Gasteiger partial charge in [-0.3, -0.25) is 9.59 Å². The minimum absolute atomic E-state index is 0.0390. The molecule has 2 fully saturated rings. The Hall–Kier alpha value is -1.10. The highest BCUT2D eigenvalue weighted by Gasteiger charge is 2.47. The van der Waals surface area contributed by atoms with Crippen LogP contribution in [0.3, 0.4) is 0 Å². The third-order valence-electron chi connectivity index (χ3n) is 3.94. The predicted molar refractivity (Wildman–Crippen MR) is 60.5 cm³/mol. The Morgan fingerprint density at radius 3 is 2.65 bits per heavy atom. The van der Waals surface area contributed by atoms with Gasteiger partial charge in [0.15, 0.2) is 0 Å². The first-order chi connectivity index (χ1) is 8.05. The minimum atomic E-state index is -0.821. The second-order valence-electron chi connectivity index (χ2n) is 5.13. The number of carbonyl (C=O) groups excluding carboxylic acids is 1. The Balaban J connectivity index is 1.98. The SMILES string of the molecule is CC1COCCN1C(=O)CC1(C(=O)O)CCC1. The maximum Gasteiger partial charge on any atom is 0.310 e. The number of amides is 1. The zero-order valence-corrected chi connectivity index (χ0v) is 10.1. The average molecular weight is 241 g/mol. The zero-order valence-electron chi connectivity index (χ0n) is 10.1. The summed E-state index contributed by atoms with van der Waals surface area (Å²) in [5.74, 6) is -0.860. The molecule has 5 heteroatoms. The zero-order chi connectivity index (χ0) is 12.5. The van der Waals surface area contributed by atoms with Crippen LogP contribution in [0.15, 0.2) is 0 Å². The van der Waals surface area contributed by atoms with Gasteiger partial charge in [0.25, 0.3) is 0 Å². The lowest BCUT2D eigenvalue weighted by atomic mass is 9.66. The van der Waals surface area contributed by atoms with Crippen LogP contribution in [0.4, 0.5) is 0 Å². The molecule has 0 radical (unpaired) electrons. The Kier molecular flexibility index (Phi) is 3.38. The van der Waals surface area contributed by atoms with Crippen LogP contribution < -0.4 is 0 Å². The van der Waals surface area contributed by atoms with E-state index in [4.69, 9.17) is 4.74 Å². The summed E-state index contributed by atoms with van der Waals surface area (Å²) in [6, 6.07) is 0.0576. The van der Waals surface area contributed by atoms with Crippen molar-refractivity contribution in [3.8, 4) is 0 Å². The molecule has 1 unspecified atom stereocenters. The molecule has 1 aliphatic carbocycles. The average Bonchev–Trinajstić information content (AvgIpc) is 2.23. The number of aliphatic carboxylic acids is 1. The molecule has 1 atom stereocenters. The summed E-state index contributed by atoms with van der Waals surface area (Å²) in [6.45, 7) is 3.61. The minimum Gasteiger partial charge on any atom is -0.481 e. The highest BCUT2D eigenvalue weighted by Crippen LogP contribution is 2.44. The fourth-order valence-corrected chi connectivity index (χ4v) is 2.56. The van der Waals surface area contributed by atoms with Gasteiger partial charge >= 0.3 is 5.97 Å². The van der Waals surface area contributed by atoms with E-state index in [1.54, 1.807) is 4.90 Å². The first kappa shape index (κ1) is 12.4. The quantitative estimate of drug-likeness (QED) is 0.796. The number of carboxylic acid groups (broad SMARTS) is 1. The Bertz CT molecular complexity index is 324. The standard InChI is InChI=1S/C12H19NO4/c1-9-8-17-6-5-13(9)10(14)7-12(11(15)16)3-2-4-12/h9H,2-8H2,1H3,(H,15,16). The Labute approximate surface area is 101 Å². The van der Waals surface area contributed by atoms with Gasteiger partial charge in [-0.05, 0) is 19.8 Å². The van der Waals surface area contributed by atoms with Crippen LogP contribution in [0.5, 0.6) is 0 Å². The van der Waals surface area contributed by atoms with Crippen LogP contribution >= 0.6 is 0 Å². The van der Waals surface area contributed by atoms with E-state index >= 15 is 0 Å². The van der Waals surface area contributed by atoms with Crippen molar-refractivity contribution >= 4 is 11.9 Å². The van der Waals surface area contributed by atoms with E-state index in [0.29, 0.717) is 32.6 Å². The molecule has 0 aromatic carbocycles. The summed E-state index contributed by atoms with van der Waals surface area (Å²) in [6.07, 6.45) is 2.32. The smallest absolute Gasteiger partial charge is 0.310 e. The number of ether oxygens (including phenoxy) is 1. The molecular weight excluding hydrogens is 222 g/mol. The van der Waals surface area contributed by atoms with Crippen molar-refractivity contribution in [3.05, 3.63) is 0 Å². The second-order valence-corrected chi connectivity index (χ2v) is 5.13. The van der Waals surface area contributed by atoms with E-state index in [1.807, 2.05) is 6.92 Å². The molecule has 1 heterocycles. The maximum atomic E-state index is 12.1. The topological polar surface area (TPSA) is 66.8 Å². The van der Waals surface area contributed by atoms with E-state index in [1.165, 1.54) is 0 Å². The van der Waals surface area contributed by atoms with Gasteiger partial charge in [0, 0.05) is 13.0 Å². The van der Waals surface area contributed by atoms with Gasteiger partial charge in [0.05, 0.1) is 24.7 Å². The molecule has 17 heavy (non-hydrogen) atoms. The third kappa shape index (κ3) is 2.29. The molecule has 1 amide bonds. The van der Waals surface area contributed by atoms with Gasteiger partial charge in [-0.1, -0.05) is 6.42 Å². The van der Waals surface area contributed by atoms with Crippen molar-refractivity contribution in [3.63, 3.8) is 0 Å². The van der Waals surface area contributed by atoms with Crippen molar-refractivity contribution in [1.82, 2.24) is 4.90 Å². The molecule has 96 valence electrons. The molecule has 1 saturated carbocycles. The summed E-state index contributed by atoms with van der Waals surface area (Å²) in [7, 11) is 0. The van der Waals surface area contributed by atoms with Gasteiger partial charge in [0.2, 0.25) is 5.91 Å². The summed E-state index contributed by atoms with van der Waals surface area (Å²) < 4.78 is 5.27. The number of morpholine rings is 1. The molecule has 5 nitrogen and oxygen atoms in total. The van der Waals surface area contributed by atoms with Gasteiger partial charge < -0.3 is 14.7 Å². The van der Waals surface area contributed by atoms with Gasteiger partial charge in [-0.15, -0.1) is 0 Å². The van der Waals surface area contributed by atoms with E-state index in [-0.39, 0.29) is 18.4 Å². The van der Waals surface area contributed by atoms with E-state index in [9.17, 15) is 14.7 Å². The van der Waals surface area contributed by atoms with Crippen LogP contribution in [0.1, 0.15) is 32.6 Å². The lowest BCUT2D eigenvalue weighted by molar-refractivity contribution is -0.161. The summed E-state index contributed by atoms with van der Waals surface area (Å²) in [4.78, 5) is 25.1. The largest absolute Gasteiger partial charge is 0.481 e. The number of carbonyl (C=O) groups is 2. The molecular formula is C12H19NO4. The van der Waals surface area contributed by atoms with Gasteiger partial charge in [-0.2, -0.15) is 0 Å². The van der Waals surface area contributed by atoms with Gasteiger partial charge in [0.1, 0.15) is 0 Å². The molecule has 2 aliphatic rings. The number of hydrogen-bond acceptors (Lipinski definition) is 3. The molecule has 1 saturated heterocycles. The van der Waals surface area contributed by atoms with Crippen LogP contribution in [0.2, 0.25) is 0 Å². The third-order valence-corrected chi connectivity index (χ3v) is 3.94. The van der Waals surface area contributed by atoms with E-state index < -0.39 is 11.4 Å². The molecule has 0 aromatic rings. The molecule has 0 spiro atoms. The van der Waals surface area contributed by atoms with Gasteiger partial charge in [-0.25, -0.2) is 0 Å². The highest BCUT2D eigenvalue weighted by molar-refractivity contribution is 5.85. The number of hydrogen-bond donors (Lipinski definition) is 1. The Morgan fingerprint density at radius 2 is 2.18 bits per heavy atom. The van der Waals surface area contributed by atoms with Crippen LogP contribution in [0, 0.1) is 5.41 Å². The van der Waals surface area contributed by atoms with Crippen molar-refractivity contribution in [2.24, 2.45) is 5.41 Å². The molecule has 1 aliphatic heterocycles. The van der Waals surface area contributed by atoms with Crippen molar-refractivity contribution < 1.29 is 19.4 Å². The summed E-state index contributed by atoms with van der Waals surface area (Å²) in [5, 5.41) is 9.20. The highest BCUT2D eigenvalue weighted by atomic mass is 16.5. The number of nitrogens with zero attached hydrogens (tertiary/aromatic N) is 1. The molecule has 2 rings (SSSR count). The second kappa shape index (κ2) is 4.64. The fourth-order valence-electron chi connectivity index (χ4n) is 2.56. The normalized spacial score (nSPS) is 27.4. The van der Waals surface area contributed by atoms with Crippen LogP contribution in [-0.4, -0.2) is 47.7 Å². The molecule has 0 bridgehead atoms. The van der Waals surface area contributed by atoms with Crippen molar-refractivity contribution in [2.75, 3.05) is 19.8 Å². The fraction of sp³-hybridized carbons (Fsp3) is 0.833. The number of rotatable bonds is 3. The van der Waals surface area contributed by atoms with E-state index in [0.717, 1.165) is 6.42 Å². The monoisotopic (exact) mass is 241 g/mol. The van der Waals surface area contributed by atoms with Crippen molar-refractivity contribution in [1.29, 1.82) is 0 Å². The molecule has 1 N–H and O–H groups in total. The Morgan fingerprint density at radius 1 is 1.47 bits per heavy atom.